The van der Waals surface area contributed by atoms with E-state index in [1.807, 2.05) is 72.0 Å². The van der Waals surface area contributed by atoms with Gasteiger partial charge in [-0.2, -0.15) is 0 Å². The number of hydrogen-bond donors (Lipinski definition) is 0. The van der Waals surface area contributed by atoms with Crippen molar-refractivity contribution in [3.05, 3.63) is 188 Å². The highest BCUT2D eigenvalue weighted by atomic mass is 32.1. The van der Waals surface area contributed by atoms with Gasteiger partial charge in [0.15, 0.2) is 17.5 Å². The van der Waals surface area contributed by atoms with Gasteiger partial charge in [-0.25, -0.2) is 15.0 Å². The number of benzene rings is 8. The Morgan fingerprint density at radius 3 is 1.53 bits per heavy atom. The van der Waals surface area contributed by atoms with Crippen LogP contribution < -0.4 is 0 Å². The van der Waals surface area contributed by atoms with E-state index in [2.05, 4.69) is 137 Å². The molecule has 0 aliphatic carbocycles. The van der Waals surface area contributed by atoms with Crippen LogP contribution in [0.25, 0.3) is 109 Å². The molecule has 0 unspecified atom stereocenters. The molecular weight excluding hydrogens is 715 g/mol. The van der Waals surface area contributed by atoms with E-state index in [1.165, 1.54) is 58.4 Å². The first-order chi connectivity index (χ1) is 28.3. The largest absolute Gasteiger partial charge is 0.309 e. The third-order valence-electron chi connectivity index (χ3n) is 11.2. The van der Waals surface area contributed by atoms with E-state index >= 15 is 0 Å². The Hall–Kier alpha value is -7.41. The molecule has 57 heavy (non-hydrogen) atoms. The molecule has 12 aromatic rings. The lowest BCUT2D eigenvalue weighted by Crippen LogP contribution is -2.01. The fraction of sp³-hybridized carbons (Fsp3) is 0. The SMILES string of the molecule is c1ccc(-c2nc(-c3ccccc3)nc(-c3cccc(-n4c5ccccc5c5cc6c7ccccc7n(-c7cccc8c7sc7ccccc78)c6cc54)c3)n2)cc1. The number of nitrogens with zero attached hydrogens (tertiary/aromatic N) is 5. The van der Waals surface area contributed by atoms with Crippen molar-refractivity contribution < 1.29 is 0 Å². The summed E-state index contributed by atoms with van der Waals surface area (Å²) in [6, 6.07) is 66.7. The van der Waals surface area contributed by atoms with E-state index in [-0.39, 0.29) is 0 Å². The Labute approximate surface area is 331 Å². The molecule has 4 heterocycles. The molecule has 0 spiro atoms. The molecule has 4 aromatic heterocycles. The first-order valence-electron chi connectivity index (χ1n) is 19.1. The van der Waals surface area contributed by atoms with Crippen LogP contribution in [0.5, 0.6) is 0 Å². The van der Waals surface area contributed by atoms with Gasteiger partial charge in [-0.1, -0.05) is 140 Å². The van der Waals surface area contributed by atoms with Gasteiger partial charge in [-0.3, -0.25) is 0 Å². The molecule has 0 fully saturated rings. The molecule has 0 bridgehead atoms. The van der Waals surface area contributed by atoms with Crippen molar-refractivity contribution in [1.29, 1.82) is 0 Å². The minimum Gasteiger partial charge on any atom is -0.309 e. The highest BCUT2D eigenvalue weighted by molar-refractivity contribution is 7.26. The summed E-state index contributed by atoms with van der Waals surface area (Å²) in [5.74, 6) is 1.92. The molecule has 0 radical (unpaired) electrons. The minimum absolute atomic E-state index is 0.629. The number of rotatable bonds is 5. The number of fused-ring (bicyclic) bond motifs is 9. The maximum atomic E-state index is 5.06. The Bertz CT molecular complexity index is 3470. The molecule has 0 aliphatic rings. The Morgan fingerprint density at radius 1 is 0.333 bits per heavy atom. The summed E-state index contributed by atoms with van der Waals surface area (Å²) in [6.45, 7) is 0. The quantitative estimate of drug-likeness (QED) is 0.176. The molecule has 0 atom stereocenters. The predicted molar refractivity (Wildman–Crippen MR) is 238 cm³/mol. The third kappa shape index (κ3) is 4.98. The number of thiophene rings is 1. The van der Waals surface area contributed by atoms with Gasteiger partial charge in [0.05, 0.1) is 32.5 Å². The normalized spacial score (nSPS) is 11.9. The summed E-state index contributed by atoms with van der Waals surface area (Å²) < 4.78 is 7.46. The van der Waals surface area contributed by atoms with Crippen molar-refractivity contribution in [2.45, 2.75) is 0 Å². The topological polar surface area (TPSA) is 48.5 Å². The van der Waals surface area contributed by atoms with Gasteiger partial charge < -0.3 is 9.13 Å². The van der Waals surface area contributed by atoms with Crippen molar-refractivity contribution in [3.63, 3.8) is 0 Å². The monoisotopic (exact) mass is 745 g/mol. The lowest BCUT2D eigenvalue weighted by molar-refractivity contribution is 1.07. The lowest BCUT2D eigenvalue weighted by Gasteiger charge is -2.12. The summed E-state index contributed by atoms with van der Waals surface area (Å²) in [5.41, 5.74) is 9.70. The minimum atomic E-state index is 0.629. The second-order valence-corrected chi connectivity index (χ2v) is 15.5. The summed E-state index contributed by atoms with van der Waals surface area (Å²) in [4.78, 5) is 15.1. The smallest absolute Gasteiger partial charge is 0.164 e. The second-order valence-electron chi connectivity index (χ2n) is 14.4. The predicted octanol–water partition coefficient (Wildman–Crippen LogP) is 13.4. The van der Waals surface area contributed by atoms with Gasteiger partial charge >= 0.3 is 0 Å². The zero-order valence-electron chi connectivity index (χ0n) is 30.5. The molecule has 6 heteroatoms. The average Bonchev–Trinajstić information content (AvgIpc) is 3.93. The van der Waals surface area contributed by atoms with Crippen LogP contribution in [0.2, 0.25) is 0 Å². The van der Waals surface area contributed by atoms with E-state index in [9.17, 15) is 0 Å². The first kappa shape index (κ1) is 31.9. The fourth-order valence-corrected chi connectivity index (χ4v) is 9.81. The van der Waals surface area contributed by atoms with E-state index in [0.29, 0.717) is 17.5 Å². The summed E-state index contributed by atoms with van der Waals surface area (Å²) in [7, 11) is 0. The maximum absolute atomic E-state index is 5.06. The number of hydrogen-bond acceptors (Lipinski definition) is 4. The molecule has 8 aromatic carbocycles. The summed E-state index contributed by atoms with van der Waals surface area (Å²) in [6.07, 6.45) is 0. The van der Waals surface area contributed by atoms with Crippen molar-refractivity contribution in [1.82, 2.24) is 24.1 Å². The van der Waals surface area contributed by atoms with Gasteiger partial charge in [0.2, 0.25) is 0 Å². The Morgan fingerprint density at radius 2 is 0.842 bits per heavy atom. The van der Waals surface area contributed by atoms with E-state index in [4.69, 9.17) is 15.0 Å². The molecule has 0 aliphatic heterocycles. The van der Waals surface area contributed by atoms with E-state index in [1.54, 1.807) is 0 Å². The Balaban J connectivity index is 1.11. The van der Waals surface area contributed by atoms with Crippen LogP contribution in [0.15, 0.2) is 188 Å². The van der Waals surface area contributed by atoms with Crippen LogP contribution >= 0.6 is 11.3 Å². The molecular formula is C51H31N5S. The highest BCUT2D eigenvalue weighted by Gasteiger charge is 2.21. The fourth-order valence-electron chi connectivity index (χ4n) is 8.60. The maximum Gasteiger partial charge on any atom is 0.164 e. The highest BCUT2D eigenvalue weighted by Crippen LogP contribution is 2.43. The molecule has 0 N–H and O–H groups in total. The molecule has 12 rings (SSSR count). The molecule has 266 valence electrons. The van der Waals surface area contributed by atoms with Gasteiger partial charge in [-0.15, -0.1) is 11.3 Å². The van der Waals surface area contributed by atoms with Crippen molar-refractivity contribution >= 4 is 75.1 Å². The van der Waals surface area contributed by atoms with Crippen LogP contribution in [0.3, 0.4) is 0 Å². The van der Waals surface area contributed by atoms with Crippen LogP contribution in [-0.4, -0.2) is 24.1 Å². The standard InChI is InChI=1S/C51H31N5S/c1-3-15-32(16-4-1)49-52-50(33-17-5-2-6-18-33)54-51(53-49)34-19-13-20-35(29-34)55-42-25-10-7-21-36(42)40-30-41-37-22-8-11-26-43(37)56(46(41)31-45(40)55)44-27-14-24-39-38-23-9-12-28-47(38)57-48(39)44/h1-31H. The molecule has 5 nitrogen and oxygen atoms in total. The van der Waals surface area contributed by atoms with Gasteiger partial charge in [0, 0.05) is 59.4 Å². The van der Waals surface area contributed by atoms with Crippen LogP contribution in [0.4, 0.5) is 0 Å². The zero-order valence-corrected chi connectivity index (χ0v) is 31.4. The van der Waals surface area contributed by atoms with E-state index < -0.39 is 0 Å². The first-order valence-corrected chi connectivity index (χ1v) is 19.9. The summed E-state index contributed by atoms with van der Waals surface area (Å²) >= 11 is 1.87. The van der Waals surface area contributed by atoms with Gasteiger partial charge in [-0.05, 0) is 48.5 Å². The summed E-state index contributed by atoms with van der Waals surface area (Å²) in [5, 5.41) is 7.48. The van der Waals surface area contributed by atoms with Crippen LogP contribution in [0.1, 0.15) is 0 Å². The van der Waals surface area contributed by atoms with E-state index in [0.717, 1.165) is 33.4 Å². The average molecular weight is 746 g/mol. The zero-order chi connectivity index (χ0) is 37.5. The third-order valence-corrected chi connectivity index (χ3v) is 12.4. The van der Waals surface area contributed by atoms with Gasteiger partial charge in [0.1, 0.15) is 0 Å². The number of aromatic nitrogens is 5. The van der Waals surface area contributed by atoms with Crippen LogP contribution in [0, 0.1) is 0 Å². The lowest BCUT2D eigenvalue weighted by atomic mass is 10.1. The molecule has 0 amide bonds. The van der Waals surface area contributed by atoms with Crippen molar-refractivity contribution in [2.75, 3.05) is 0 Å². The van der Waals surface area contributed by atoms with Crippen molar-refractivity contribution in [3.8, 4) is 45.5 Å². The number of para-hydroxylation sites is 2. The molecule has 0 saturated heterocycles. The van der Waals surface area contributed by atoms with Gasteiger partial charge in [0.25, 0.3) is 0 Å². The van der Waals surface area contributed by atoms with Crippen LogP contribution in [-0.2, 0) is 0 Å². The van der Waals surface area contributed by atoms with Crippen molar-refractivity contribution in [2.24, 2.45) is 0 Å². The second kappa shape index (κ2) is 12.6. The Kier molecular flexibility index (Phi) is 7.03. The molecule has 0 saturated carbocycles.